The zero-order valence-corrected chi connectivity index (χ0v) is 20.4. The third-order valence-electron chi connectivity index (χ3n) is 6.52. The van der Waals surface area contributed by atoms with E-state index in [4.69, 9.17) is 0 Å². The summed E-state index contributed by atoms with van der Waals surface area (Å²) >= 11 is 3.31. The lowest BCUT2D eigenvalue weighted by Gasteiger charge is -2.35. The molecule has 2 fully saturated rings. The highest BCUT2D eigenvalue weighted by Gasteiger charge is 2.26. The highest BCUT2D eigenvalue weighted by atomic mass is 32.2. The number of thiophene rings is 1. The Hall–Kier alpha value is -2.39. The van der Waals surface area contributed by atoms with Crippen LogP contribution in [0.15, 0.2) is 47.1 Å². The molecule has 0 unspecified atom stereocenters. The molecule has 5 rings (SSSR count). The molecule has 1 amide bonds. The summed E-state index contributed by atoms with van der Waals surface area (Å²) in [6, 6.07) is 10.7. The number of pyridine rings is 1. The van der Waals surface area contributed by atoms with Crippen LogP contribution < -0.4 is 4.90 Å². The number of amides is 1. The number of carbonyl (C=O) groups is 1. The van der Waals surface area contributed by atoms with Gasteiger partial charge in [0.2, 0.25) is 5.91 Å². The van der Waals surface area contributed by atoms with Crippen LogP contribution in [0.4, 0.5) is 5.82 Å². The van der Waals surface area contributed by atoms with Gasteiger partial charge in [-0.3, -0.25) is 4.79 Å². The molecule has 3 aromatic heterocycles. The van der Waals surface area contributed by atoms with Gasteiger partial charge in [0.15, 0.2) is 5.16 Å². The Bertz CT molecular complexity index is 1020. The van der Waals surface area contributed by atoms with Gasteiger partial charge in [-0.2, -0.15) is 0 Å². The van der Waals surface area contributed by atoms with Gasteiger partial charge in [0.1, 0.15) is 11.6 Å². The minimum absolute atomic E-state index is 0.179. The molecule has 0 bridgehead atoms. The van der Waals surface area contributed by atoms with E-state index in [2.05, 4.69) is 42.2 Å². The lowest BCUT2D eigenvalue weighted by Crippen LogP contribution is -2.49. The normalized spacial score (nSPS) is 17.5. The summed E-state index contributed by atoms with van der Waals surface area (Å²) in [7, 11) is 0. The van der Waals surface area contributed by atoms with Crippen LogP contribution in [0.5, 0.6) is 0 Å². The quantitative estimate of drug-likeness (QED) is 0.469. The van der Waals surface area contributed by atoms with E-state index < -0.39 is 0 Å². The minimum atomic E-state index is 0.179. The first-order valence-electron chi connectivity index (χ1n) is 11.8. The molecule has 0 atom stereocenters. The molecule has 1 aliphatic carbocycles. The molecule has 1 aliphatic heterocycles. The molecule has 1 saturated carbocycles. The summed E-state index contributed by atoms with van der Waals surface area (Å²) in [5.74, 6) is 2.60. The first kappa shape index (κ1) is 22.4. The third kappa shape index (κ3) is 5.41. The Morgan fingerprint density at radius 1 is 1.03 bits per heavy atom. The van der Waals surface area contributed by atoms with Crippen LogP contribution in [0.1, 0.15) is 48.8 Å². The lowest BCUT2D eigenvalue weighted by molar-refractivity contribution is -0.128. The summed E-state index contributed by atoms with van der Waals surface area (Å²) in [5, 5.41) is 12.1. The molecule has 2 aliphatic rings. The molecule has 9 heteroatoms. The molecule has 0 aromatic carbocycles. The van der Waals surface area contributed by atoms with Gasteiger partial charge in [-0.05, 0) is 36.4 Å². The van der Waals surface area contributed by atoms with Crippen LogP contribution in [0.3, 0.4) is 0 Å². The maximum absolute atomic E-state index is 13.0. The van der Waals surface area contributed by atoms with E-state index in [9.17, 15) is 4.79 Å². The number of aromatic nitrogens is 4. The molecule has 0 N–H and O–H groups in total. The third-order valence-corrected chi connectivity index (χ3v) is 8.32. The molecule has 3 aromatic rings. The van der Waals surface area contributed by atoms with E-state index in [1.54, 1.807) is 23.1 Å². The predicted octanol–water partition coefficient (Wildman–Crippen LogP) is 4.27. The summed E-state index contributed by atoms with van der Waals surface area (Å²) in [4.78, 5) is 22.9. The van der Waals surface area contributed by atoms with Gasteiger partial charge in [0.05, 0.1) is 5.75 Å². The van der Waals surface area contributed by atoms with Crippen molar-refractivity contribution in [2.24, 2.45) is 0 Å². The fraction of sp³-hybridized carbons (Fsp3) is 0.500. The lowest BCUT2D eigenvalue weighted by atomic mass is 9.95. The van der Waals surface area contributed by atoms with Crippen LogP contribution in [-0.2, 0) is 11.2 Å². The maximum Gasteiger partial charge on any atom is 0.233 e. The highest BCUT2D eigenvalue weighted by Crippen LogP contribution is 2.33. The molecular formula is C24H30N6OS2. The number of hydrogen-bond acceptors (Lipinski definition) is 7. The molecule has 0 spiro atoms. The Balaban J connectivity index is 1.22. The average Bonchev–Trinajstić information content (AvgIpc) is 3.54. The van der Waals surface area contributed by atoms with Crippen molar-refractivity contribution in [3.8, 4) is 0 Å². The van der Waals surface area contributed by atoms with Crippen LogP contribution in [0, 0.1) is 0 Å². The molecule has 4 heterocycles. The number of hydrogen-bond donors (Lipinski definition) is 0. The van der Waals surface area contributed by atoms with Crippen molar-refractivity contribution < 1.29 is 4.79 Å². The fourth-order valence-corrected chi connectivity index (χ4v) is 6.37. The number of carbonyl (C=O) groups excluding carboxylic acids is 1. The second-order valence-corrected chi connectivity index (χ2v) is 10.6. The summed E-state index contributed by atoms with van der Waals surface area (Å²) < 4.78 is 2.34. The van der Waals surface area contributed by atoms with E-state index in [1.807, 2.05) is 29.3 Å². The molecule has 0 radical (unpaired) electrons. The van der Waals surface area contributed by atoms with Crippen molar-refractivity contribution in [1.82, 2.24) is 24.6 Å². The van der Waals surface area contributed by atoms with Crippen molar-refractivity contribution in [2.75, 3.05) is 36.8 Å². The summed E-state index contributed by atoms with van der Waals surface area (Å²) in [5.41, 5.74) is 0. The van der Waals surface area contributed by atoms with Gasteiger partial charge < -0.3 is 14.4 Å². The summed E-state index contributed by atoms with van der Waals surface area (Å²) in [6.45, 7) is 3.09. The zero-order chi connectivity index (χ0) is 22.5. The minimum Gasteiger partial charge on any atom is -0.353 e. The molecule has 7 nitrogen and oxygen atoms in total. The number of piperazine rings is 1. The van der Waals surface area contributed by atoms with Gasteiger partial charge in [-0.1, -0.05) is 43.2 Å². The predicted molar refractivity (Wildman–Crippen MR) is 133 cm³/mol. The average molecular weight is 483 g/mol. The van der Waals surface area contributed by atoms with Gasteiger partial charge in [0.25, 0.3) is 0 Å². The molecule has 1 saturated heterocycles. The van der Waals surface area contributed by atoms with Crippen molar-refractivity contribution in [3.63, 3.8) is 0 Å². The zero-order valence-electron chi connectivity index (χ0n) is 18.8. The fourth-order valence-electron chi connectivity index (χ4n) is 4.74. The second-order valence-electron chi connectivity index (χ2n) is 8.66. The maximum atomic E-state index is 13.0. The topological polar surface area (TPSA) is 67.2 Å². The van der Waals surface area contributed by atoms with E-state index >= 15 is 0 Å². The van der Waals surface area contributed by atoms with Crippen LogP contribution in [-0.4, -0.2) is 62.5 Å². The van der Waals surface area contributed by atoms with Crippen molar-refractivity contribution >= 4 is 34.8 Å². The van der Waals surface area contributed by atoms with E-state index in [-0.39, 0.29) is 5.91 Å². The number of rotatable bonds is 7. The van der Waals surface area contributed by atoms with Gasteiger partial charge >= 0.3 is 0 Å². The highest BCUT2D eigenvalue weighted by molar-refractivity contribution is 7.99. The smallest absolute Gasteiger partial charge is 0.233 e. The van der Waals surface area contributed by atoms with E-state index in [1.165, 1.54) is 37.0 Å². The first-order valence-corrected chi connectivity index (χ1v) is 13.7. The van der Waals surface area contributed by atoms with Gasteiger partial charge in [-0.15, -0.1) is 21.5 Å². The number of thioether (sulfide) groups is 1. The Labute approximate surface area is 203 Å². The number of anilines is 1. The van der Waals surface area contributed by atoms with Crippen LogP contribution in [0.2, 0.25) is 0 Å². The molecule has 33 heavy (non-hydrogen) atoms. The largest absolute Gasteiger partial charge is 0.353 e. The van der Waals surface area contributed by atoms with Gasteiger partial charge in [0, 0.05) is 49.7 Å². The van der Waals surface area contributed by atoms with Gasteiger partial charge in [-0.25, -0.2) is 4.98 Å². The molecule has 174 valence electrons. The Morgan fingerprint density at radius 2 is 1.88 bits per heavy atom. The number of nitrogens with zero attached hydrogens (tertiary/aromatic N) is 6. The summed E-state index contributed by atoms with van der Waals surface area (Å²) in [6.07, 6.45) is 8.79. The SMILES string of the molecule is O=C(CSc1nnc(Cc2cccs2)n1C1CCCCC1)N1CCN(c2ccccn2)CC1. The van der Waals surface area contributed by atoms with Crippen molar-refractivity contribution in [3.05, 3.63) is 52.6 Å². The molecular weight excluding hydrogens is 452 g/mol. The van der Waals surface area contributed by atoms with Crippen LogP contribution in [0.25, 0.3) is 0 Å². The van der Waals surface area contributed by atoms with E-state index in [0.29, 0.717) is 11.8 Å². The van der Waals surface area contributed by atoms with E-state index in [0.717, 1.165) is 49.4 Å². The van der Waals surface area contributed by atoms with Crippen molar-refractivity contribution in [2.45, 2.75) is 49.7 Å². The first-order chi connectivity index (χ1) is 16.3. The van der Waals surface area contributed by atoms with Crippen molar-refractivity contribution in [1.29, 1.82) is 0 Å². The second kappa shape index (κ2) is 10.7. The standard InChI is InChI=1S/C24H30N6OS2/c31-23(29-14-12-28(13-15-29)21-10-4-5-11-25-21)18-33-24-27-26-22(17-20-9-6-16-32-20)30(24)19-7-2-1-3-8-19/h4-6,9-11,16,19H,1-3,7-8,12-15,17-18H2. The Morgan fingerprint density at radius 3 is 2.61 bits per heavy atom. The Kier molecular flexibility index (Phi) is 7.26. The monoisotopic (exact) mass is 482 g/mol. The van der Waals surface area contributed by atoms with Crippen LogP contribution >= 0.6 is 23.1 Å².